The highest BCUT2D eigenvalue weighted by atomic mass is 32.1. The number of nitrogens with one attached hydrogen (secondary N) is 2. The first-order valence-electron chi connectivity index (χ1n) is 8.23. The number of ether oxygens (including phenoxy) is 1. The largest absolute Gasteiger partial charge is 0.489 e. The Morgan fingerprint density at radius 3 is 2.77 bits per heavy atom. The number of urea groups is 1. The minimum Gasteiger partial charge on any atom is -0.489 e. The van der Waals surface area contributed by atoms with Crippen molar-refractivity contribution in [1.82, 2.24) is 5.32 Å². The van der Waals surface area contributed by atoms with Crippen LogP contribution in [-0.2, 0) is 13.0 Å². The highest BCUT2D eigenvalue weighted by Crippen LogP contribution is 2.19. The number of hydrogen-bond acceptors (Lipinski definition) is 3. The zero-order chi connectivity index (χ0) is 18.2. The highest BCUT2D eigenvalue weighted by molar-refractivity contribution is 7.09. The van der Waals surface area contributed by atoms with Crippen molar-refractivity contribution in [3.05, 3.63) is 82.3 Å². The maximum absolute atomic E-state index is 13.2. The van der Waals surface area contributed by atoms with Crippen LogP contribution in [0.3, 0.4) is 0 Å². The van der Waals surface area contributed by atoms with Crippen LogP contribution in [-0.4, -0.2) is 12.6 Å². The van der Waals surface area contributed by atoms with E-state index in [-0.39, 0.29) is 18.5 Å². The Morgan fingerprint density at radius 1 is 1.08 bits per heavy atom. The lowest BCUT2D eigenvalue weighted by molar-refractivity contribution is 0.252. The molecule has 6 heteroatoms. The van der Waals surface area contributed by atoms with E-state index in [4.69, 9.17) is 4.74 Å². The number of rotatable bonds is 7. The lowest BCUT2D eigenvalue weighted by atomic mass is 10.2. The van der Waals surface area contributed by atoms with Crippen LogP contribution in [0.25, 0.3) is 0 Å². The molecule has 0 saturated carbocycles. The average molecular weight is 370 g/mol. The summed E-state index contributed by atoms with van der Waals surface area (Å²) >= 11 is 1.67. The van der Waals surface area contributed by atoms with E-state index in [9.17, 15) is 9.18 Å². The summed E-state index contributed by atoms with van der Waals surface area (Å²) < 4.78 is 18.8. The molecule has 0 fully saturated rings. The van der Waals surface area contributed by atoms with Crippen LogP contribution < -0.4 is 15.4 Å². The fourth-order valence-electron chi connectivity index (χ4n) is 2.39. The third kappa shape index (κ3) is 5.60. The van der Waals surface area contributed by atoms with Gasteiger partial charge in [-0.2, -0.15) is 0 Å². The molecule has 1 aromatic heterocycles. The second-order valence-electron chi connectivity index (χ2n) is 5.66. The zero-order valence-electron chi connectivity index (χ0n) is 14.1. The van der Waals surface area contributed by atoms with Gasteiger partial charge in [0.1, 0.15) is 18.2 Å². The normalized spacial score (nSPS) is 10.3. The number of hydrogen-bond donors (Lipinski definition) is 2. The average Bonchev–Trinajstić information content (AvgIpc) is 3.14. The topological polar surface area (TPSA) is 50.4 Å². The third-order valence-corrected chi connectivity index (χ3v) is 4.56. The van der Waals surface area contributed by atoms with Gasteiger partial charge in [0.2, 0.25) is 0 Å². The first kappa shape index (κ1) is 17.9. The summed E-state index contributed by atoms with van der Waals surface area (Å²) in [5, 5.41) is 7.63. The molecule has 0 bridgehead atoms. The lowest BCUT2D eigenvalue weighted by Crippen LogP contribution is -2.30. The second-order valence-corrected chi connectivity index (χ2v) is 6.69. The molecule has 3 rings (SSSR count). The number of carbonyl (C=O) groups is 1. The van der Waals surface area contributed by atoms with Gasteiger partial charge in [0, 0.05) is 23.2 Å². The quantitative estimate of drug-likeness (QED) is 0.626. The second kappa shape index (κ2) is 9.01. The number of benzene rings is 2. The van der Waals surface area contributed by atoms with Gasteiger partial charge in [-0.15, -0.1) is 11.3 Å². The van der Waals surface area contributed by atoms with E-state index in [1.807, 2.05) is 17.5 Å². The fourth-order valence-corrected chi connectivity index (χ4v) is 3.10. The molecule has 3 aromatic rings. The standard InChI is InChI=1S/C20H19FN2O2S/c21-16-5-1-4-15(12-16)14-25-18-7-2-6-17(13-18)23-20(24)22-10-9-19-8-3-11-26-19/h1-8,11-13H,9-10,14H2,(H2,22,23,24). The number of amides is 2. The molecule has 134 valence electrons. The molecule has 4 nitrogen and oxygen atoms in total. The van der Waals surface area contributed by atoms with Gasteiger partial charge in [-0.05, 0) is 47.7 Å². The van der Waals surface area contributed by atoms with Crippen LogP contribution in [0.4, 0.5) is 14.9 Å². The van der Waals surface area contributed by atoms with E-state index in [0.29, 0.717) is 18.0 Å². The van der Waals surface area contributed by atoms with Gasteiger partial charge in [-0.3, -0.25) is 0 Å². The maximum atomic E-state index is 13.2. The van der Waals surface area contributed by atoms with Gasteiger partial charge in [0.25, 0.3) is 0 Å². The van der Waals surface area contributed by atoms with Crippen molar-refractivity contribution in [3.63, 3.8) is 0 Å². The predicted octanol–water partition coefficient (Wildman–Crippen LogP) is 4.83. The smallest absolute Gasteiger partial charge is 0.319 e. The summed E-state index contributed by atoms with van der Waals surface area (Å²) in [7, 11) is 0. The molecular weight excluding hydrogens is 351 g/mol. The van der Waals surface area contributed by atoms with Crippen molar-refractivity contribution >= 4 is 23.1 Å². The summed E-state index contributed by atoms with van der Waals surface area (Å²) in [4.78, 5) is 13.2. The number of carbonyl (C=O) groups excluding carboxylic acids is 1. The van der Waals surface area contributed by atoms with Gasteiger partial charge in [-0.25, -0.2) is 9.18 Å². The lowest BCUT2D eigenvalue weighted by Gasteiger charge is -2.10. The van der Waals surface area contributed by atoms with E-state index in [0.717, 1.165) is 12.0 Å². The van der Waals surface area contributed by atoms with Crippen LogP contribution in [0.2, 0.25) is 0 Å². The number of anilines is 1. The molecule has 0 unspecified atom stereocenters. The van der Waals surface area contributed by atoms with Crippen LogP contribution in [0, 0.1) is 5.82 Å². The van der Waals surface area contributed by atoms with Crippen molar-refractivity contribution < 1.29 is 13.9 Å². The molecule has 0 spiro atoms. The van der Waals surface area contributed by atoms with Crippen LogP contribution in [0.15, 0.2) is 66.0 Å². The van der Waals surface area contributed by atoms with Gasteiger partial charge in [0.15, 0.2) is 0 Å². The summed E-state index contributed by atoms with van der Waals surface area (Å²) in [6.07, 6.45) is 0.807. The van der Waals surface area contributed by atoms with Crippen molar-refractivity contribution in [2.45, 2.75) is 13.0 Å². The summed E-state index contributed by atoms with van der Waals surface area (Å²) in [5.74, 6) is 0.311. The number of thiophene rings is 1. The van der Waals surface area contributed by atoms with Crippen molar-refractivity contribution in [3.8, 4) is 5.75 Å². The van der Waals surface area contributed by atoms with Gasteiger partial charge >= 0.3 is 6.03 Å². The third-order valence-electron chi connectivity index (χ3n) is 3.62. The highest BCUT2D eigenvalue weighted by Gasteiger charge is 2.04. The molecular formula is C20H19FN2O2S. The molecule has 0 aliphatic heterocycles. The molecule has 2 aromatic carbocycles. The van der Waals surface area contributed by atoms with Gasteiger partial charge in [-0.1, -0.05) is 24.3 Å². The minimum absolute atomic E-state index is 0.258. The molecule has 2 amide bonds. The summed E-state index contributed by atoms with van der Waals surface area (Å²) in [6.45, 7) is 0.830. The maximum Gasteiger partial charge on any atom is 0.319 e. The molecule has 0 atom stereocenters. The van der Waals surface area contributed by atoms with Crippen LogP contribution in [0.1, 0.15) is 10.4 Å². The van der Waals surface area contributed by atoms with Crippen molar-refractivity contribution in [2.24, 2.45) is 0 Å². The Bertz CT molecular complexity index is 853. The monoisotopic (exact) mass is 370 g/mol. The SMILES string of the molecule is O=C(NCCc1cccs1)Nc1cccc(OCc2cccc(F)c2)c1. The molecule has 2 N–H and O–H groups in total. The number of halogens is 1. The Hall–Kier alpha value is -2.86. The van der Waals surface area contributed by atoms with Crippen molar-refractivity contribution in [2.75, 3.05) is 11.9 Å². The summed E-state index contributed by atoms with van der Waals surface area (Å²) in [5.41, 5.74) is 1.38. The van der Waals surface area contributed by atoms with E-state index >= 15 is 0 Å². The molecule has 26 heavy (non-hydrogen) atoms. The molecule has 0 saturated heterocycles. The Balaban J connectivity index is 1.47. The van der Waals surface area contributed by atoms with E-state index < -0.39 is 0 Å². The Labute approximate surface area is 155 Å². The van der Waals surface area contributed by atoms with Crippen LogP contribution >= 0.6 is 11.3 Å². The Morgan fingerprint density at radius 2 is 1.96 bits per heavy atom. The van der Waals surface area contributed by atoms with E-state index in [1.54, 1.807) is 47.7 Å². The van der Waals surface area contributed by atoms with Crippen LogP contribution in [0.5, 0.6) is 5.75 Å². The summed E-state index contributed by atoms with van der Waals surface area (Å²) in [6, 6.07) is 17.2. The first-order chi connectivity index (χ1) is 12.7. The fraction of sp³-hybridized carbons (Fsp3) is 0.150. The first-order valence-corrected chi connectivity index (χ1v) is 9.11. The molecule has 1 heterocycles. The van der Waals surface area contributed by atoms with Gasteiger partial charge in [0.05, 0.1) is 0 Å². The minimum atomic E-state index is -0.291. The van der Waals surface area contributed by atoms with Gasteiger partial charge < -0.3 is 15.4 Å². The molecule has 0 radical (unpaired) electrons. The Kier molecular flexibility index (Phi) is 6.22. The molecule has 0 aliphatic carbocycles. The van der Waals surface area contributed by atoms with Crippen molar-refractivity contribution in [1.29, 1.82) is 0 Å². The van der Waals surface area contributed by atoms with E-state index in [2.05, 4.69) is 10.6 Å². The zero-order valence-corrected chi connectivity index (χ0v) is 14.9. The molecule has 0 aliphatic rings. The predicted molar refractivity (Wildman–Crippen MR) is 102 cm³/mol. The van der Waals surface area contributed by atoms with E-state index in [1.165, 1.54) is 17.0 Å².